The number of rotatable bonds is 16. The quantitative estimate of drug-likeness (QED) is 0.0331. The van der Waals surface area contributed by atoms with E-state index in [1.807, 2.05) is 75.4 Å². The molecule has 0 aliphatic carbocycles. The molecule has 1 fully saturated rings. The van der Waals surface area contributed by atoms with Crippen LogP contribution >= 0.6 is 12.0 Å². The van der Waals surface area contributed by atoms with Gasteiger partial charge in [-0.25, -0.2) is 10.1 Å². The number of hydrogen-bond acceptors (Lipinski definition) is 12. The second kappa shape index (κ2) is 17.0. The van der Waals surface area contributed by atoms with Crippen molar-refractivity contribution >= 4 is 51.3 Å². The van der Waals surface area contributed by atoms with Crippen molar-refractivity contribution in [2.75, 3.05) is 22.9 Å². The molecule has 0 aromatic heterocycles. The second-order valence-electron chi connectivity index (χ2n) is 14.4. The van der Waals surface area contributed by atoms with E-state index in [4.69, 9.17) is 10.1 Å². The van der Waals surface area contributed by atoms with Crippen molar-refractivity contribution in [3.8, 4) is 0 Å². The fourth-order valence-electron chi connectivity index (χ4n) is 7.39. The first kappa shape index (κ1) is 40.9. The highest BCUT2D eigenvalue weighted by Crippen LogP contribution is 2.49. The van der Waals surface area contributed by atoms with Crippen molar-refractivity contribution in [3.63, 3.8) is 0 Å². The Hall–Kier alpha value is -4.25. The largest absolute Gasteiger partial charge is 0.364 e. The Bertz CT molecular complexity index is 1970. The van der Waals surface area contributed by atoms with Gasteiger partial charge in [0.15, 0.2) is 0 Å². The van der Waals surface area contributed by atoms with E-state index in [1.54, 1.807) is 12.1 Å². The number of benzene rings is 2. The lowest BCUT2D eigenvalue weighted by Gasteiger charge is -2.32. The topological polar surface area (TPSA) is 163 Å². The number of allylic oxidation sites excluding steroid dienone is 7. The zero-order chi connectivity index (χ0) is 39.3. The molecule has 0 spiro atoms. The Balaban J connectivity index is 1.25. The fraction of sp³-hybridized carbons (Fsp3) is 0.410. The molecule has 0 bridgehead atoms. The summed E-state index contributed by atoms with van der Waals surface area (Å²) in [5, 5.41) is 13.0. The molecule has 0 radical (unpaired) electrons. The molecule has 2 aromatic carbocycles. The molecule has 3 aliphatic rings. The van der Waals surface area contributed by atoms with Gasteiger partial charge in [-0.15, -0.1) is 9.40 Å². The van der Waals surface area contributed by atoms with Crippen LogP contribution in [0.1, 0.15) is 84.3 Å². The van der Waals surface area contributed by atoms with E-state index >= 15 is 0 Å². The zero-order valence-electron chi connectivity index (χ0n) is 31.1. The Labute approximate surface area is 320 Å². The van der Waals surface area contributed by atoms with Gasteiger partial charge in [-0.05, 0) is 73.4 Å². The molecular formula is C39H47N3O10S2. The van der Waals surface area contributed by atoms with Crippen molar-refractivity contribution in [2.24, 2.45) is 0 Å². The summed E-state index contributed by atoms with van der Waals surface area (Å²) in [7, 11) is -4.32. The molecule has 15 heteroatoms. The molecule has 1 unspecified atom stereocenters. The Kier molecular flexibility index (Phi) is 12.9. The van der Waals surface area contributed by atoms with Crippen LogP contribution in [0.2, 0.25) is 0 Å². The Morgan fingerprint density at radius 2 is 1.61 bits per heavy atom. The van der Waals surface area contributed by atoms with E-state index in [9.17, 15) is 27.4 Å². The summed E-state index contributed by atoms with van der Waals surface area (Å²) in [5.74, 6) is -1.59. The number of fused-ring (bicyclic) bond motifs is 2. The van der Waals surface area contributed by atoms with E-state index in [1.165, 1.54) is 6.07 Å². The average Bonchev–Trinajstić information content (AvgIpc) is 3.64. The van der Waals surface area contributed by atoms with Crippen LogP contribution in [0, 0.1) is 0 Å². The number of carbonyl (C=O) groups is 3. The number of imide groups is 1. The molecule has 3 heterocycles. The van der Waals surface area contributed by atoms with Crippen LogP contribution in [0.15, 0.2) is 94.4 Å². The fourth-order valence-corrected chi connectivity index (χ4v) is 8.29. The summed E-state index contributed by atoms with van der Waals surface area (Å²) in [6.45, 7) is 11.8. The molecule has 2 aromatic rings. The van der Waals surface area contributed by atoms with Gasteiger partial charge in [-0.1, -0.05) is 75.6 Å². The summed E-state index contributed by atoms with van der Waals surface area (Å²) < 4.78 is 37.9. The Morgan fingerprint density at radius 3 is 2.30 bits per heavy atom. The second-order valence-corrected chi connectivity index (χ2v) is 16.5. The number of anilines is 2. The van der Waals surface area contributed by atoms with Gasteiger partial charge < -0.3 is 14.6 Å². The molecule has 2 N–H and O–H groups in total. The monoisotopic (exact) mass is 781 g/mol. The van der Waals surface area contributed by atoms with E-state index < -0.39 is 33.3 Å². The van der Waals surface area contributed by atoms with E-state index in [0.717, 1.165) is 58.0 Å². The highest BCUT2D eigenvalue weighted by atomic mass is 32.2. The normalized spacial score (nSPS) is 20.0. The molecule has 13 nitrogen and oxygen atoms in total. The van der Waals surface area contributed by atoms with Gasteiger partial charge in [0.1, 0.15) is 0 Å². The highest BCUT2D eigenvalue weighted by Gasteiger charge is 2.43. The number of hydroxylamine groups is 2. The molecule has 3 aliphatic heterocycles. The van der Waals surface area contributed by atoms with Crippen LogP contribution in [0.25, 0.3) is 0 Å². The van der Waals surface area contributed by atoms with Gasteiger partial charge in [0.2, 0.25) is 0 Å². The Morgan fingerprint density at radius 1 is 0.926 bits per heavy atom. The smallest absolute Gasteiger partial charge is 0.333 e. The third-order valence-electron chi connectivity index (χ3n) is 10.2. The number of likely N-dealkylation sites (N-methyl/N-ethyl adjacent to an activating group) is 1. The summed E-state index contributed by atoms with van der Waals surface area (Å²) in [6.07, 6.45) is 16.3. The maximum atomic E-state index is 12.3. The first-order valence-electron chi connectivity index (χ1n) is 17.9. The molecule has 5 rings (SSSR count). The molecule has 290 valence electrons. The predicted octanol–water partition coefficient (Wildman–Crippen LogP) is 7.37. The van der Waals surface area contributed by atoms with Crippen LogP contribution in [0.4, 0.5) is 11.4 Å². The zero-order valence-corrected chi connectivity index (χ0v) is 32.7. The first-order valence-corrected chi connectivity index (χ1v) is 20.0. The van der Waals surface area contributed by atoms with E-state index in [-0.39, 0.29) is 35.6 Å². The summed E-state index contributed by atoms with van der Waals surface area (Å²) in [4.78, 5) is 45.9. The van der Waals surface area contributed by atoms with Crippen molar-refractivity contribution in [1.82, 2.24) is 5.06 Å². The lowest BCUT2D eigenvalue weighted by atomic mass is 9.80. The van der Waals surface area contributed by atoms with E-state index in [2.05, 4.69) is 39.1 Å². The number of carbonyl (C=O) groups excluding carboxylic acids is 3. The lowest BCUT2D eigenvalue weighted by Crippen LogP contribution is -2.40. The predicted molar refractivity (Wildman–Crippen MR) is 205 cm³/mol. The summed E-state index contributed by atoms with van der Waals surface area (Å²) in [5.41, 5.74) is 4.12. The van der Waals surface area contributed by atoms with Crippen LogP contribution in [-0.2, 0) is 49.5 Å². The minimum absolute atomic E-state index is 0.0146. The first-order chi connectivity index (χ1) is 25.6. The van der Waals surface area contributed by atoms with Crippen molar-refractivity contribution in [3.05, 3.63) is 95.8 Å². The van der Waals surface area contributed by atoms with Gasteiger partial charge >= 0.3 is 5.97 Å². The molecule has 1 atom stereocenters. The number of nitrogens with zero attached hydrogens (tertiary/aromatic N) is 3. The van der Waals surface area contributed by atoms with Crippen molar-refractivity contribution in [1.29, 1.82) is 0 Å². The van der Waals surface area contributed by atoms with E-state index in [0.29, 0.717) is 24.6 Å². The van der Waals surface area contributed by atoms with Crippen molar-refractivity contribution in [2.45, 2.75) is 99.8 Å². The molecule has 1 saturated heterocycles. The molecule has 2 amide bonds. The minimum atomic E-state index is -4.32. The third-order valence-corrected chi connectivity index (χ3v) is 11.6. The van der Waals surface area contributed by atoms with Gasteiger partial charge in [0, 0.05) is 65.1 Å². The van der Waals surface area contributed by atoms with Crippen LogP contribution in [0.5, 0.6) is 0 Å². The van der Waals surface area contributed by atoms with Crippen LogP contribution in [0.3, 0.4) is 0 Å². The highest BCUT2D eigenvalue weighted by molar-refractivity contribution is 7.94. The number of amides is 2. The summed E-state index contributed by atoms with van der Waals surface area (Å²) >= 11 is 0.907. The van der Waals surface area contributed by atoms with Gasteiger partial charge in [-0.3, -0.25) is 14.1 Å². The maximum Gasteiger partial charge on any atom is 0.333 e. The number of unbranched alkanes of at least 4 members (excludes halogenated alkanes) is 2. The molecule has 0 saturated carbocycles. The molecule has 54 heavy (non-hydrogen) atoms. The van der Waals surface area contributed by atoms with Crippen molar-refractivity contribution < 1.29 is 46.8 Å². The van der Waals surface area contributed by atoms with Gasteiger partial charge in [0.05, 0.1) is 23.0 Å². The standard InChI is InChI=1S/C39H47N3O10S2/c1-6-40-31-21-19-28(54(47,48)49)26-30(31)39(4,5)33(40)15-11-8-7-9-12-16-34-38(2,3)29-25-27(53-52-51-46)18-20-32(29)41(34)24-14-10-13-17-37(45)50-42-35(43)22-23-36(42)44/h7-9,11-12,15-16,18-21,25-26,34,46H,6,10,13-14,17,22-24H2,1-5H3,(H,47,48,49)/b9-7+,11-8+,16-12+,33-15+. The van der Waals surface area contributed by atoms with Crippen LogP contribution in [-0.4, -0.2) is 60.2 Å². The SMILES string of the molecule is CCN1/C(=C/C=C/C=C/C=C/C2N(CCCCCC(=O)ON3C(=O)CCC3=O)c3ccc(SOOO)cc3C2(C)C)C(C)(C)c2cc(S(=O)(=O)O)ccc21. The summed E-state index contributed by atoms with van der Waals surface area (Å²) in [6, 6.07) is 10.6. The lowest BCUT2D eigenvalue weighted by molar-refractivity contribution is -0.432. The van der Waals surface area contributed by atoms with Crippen LogP contribution < -0.4 is 9.80 Å². The minimum Gasteiger partial charge on any atom is -0.364 e. The maximum absolute atomic E-state index is 12.3. The van der Waals surface area contributed by atoms with Gasteiger partial charge in [0.25, 0.3) is 21.9 Å². The number of hydrogen-bond donors (Lipinski definition) is 2. The third kappa shape index (κ3) is 8.82. The molecular weight excluding hydrogens is 735 g/mol. The average molecular weight is 782 g/mol. The van der Waals surface area contributed by atoms with Gasteiger partial charge in [-0.2, -0.15) is 8.42 Å².